The first-order valence-electron chi connectivity index (χ1n) is 9.06. The van der Waals surface area contributed by atoms with Crippen LogP contribution in [0, 0.1) is 5.92 Å². The predicted molar refractivity (Wildman–Crippen MR) is 107 cm³/mol. The number of pyridine rings is 1. The molecule has 1 fully saturated rings. The largest absolute Gasteiger partial charge is 0.296 e. The maximum atomic E-state index is 12.9. The smallest absolute Gasteiger partial charge is 0.242 e. The summed E-state index contributed by atoms with van der Waals surface area (Å²) in [5.41, 5.74) is 0.515. The van der Waals surface area contributed by atoms with Gasteiger partial charge in [-0.2, -0.15) is 0 Å². The van der Waals surface area contributed by atoms with E-state index in [-0.39, 0.29) is 4.90 Å². The van der Waals surface area contributed by atoms with Gasteiger partial charge in [0.15, 0.2) is 0 Å². The molecule has 8 heteroatoms. The molecule has 0 radical (unpaired) electrons. The van der Waals surface area contributed by atoms with Crippen LogP contribution >= 0.6 is 11.3 Å². The highest BCUT2D eigenvalue weighted by Gasteiger charge is 2.24. The summed E-state index contributed by atoms with van der Waals surface area (Å²) >= 11 is 1.66. The maximum absolute atomic E-state index is 12.9. The van der Waals surface area contributed by atoms with Crippen molar-refractivity contribution in [2.24, 2.45) is 5.92 Å². The zero-order valence-corrected chi connectivity index (χ0v) is 16.5. The first kappa shape index (κ1) is 18.5. The van der Waals surface area contributed by atoms with Gasteiger partial charge < -0.3 is 0 Å². The van der Waals surface area contributed by atoms with Gasteiger partial charge in [0, 0.05) is 36.2 Å². The van der Waals surface area contributed by atoms with Crippen molar-refractivity contribution in [2.75, 3.05) is 19.6 Å². The van der Waals surface area contributed by atoms with E-state index in [1.165, 1.54) is 0 Å². The van der Waals surface area contributed by atoms with E-state index in [9.17, 15) is 8.42 Å². The minimum Gasteiger partial charge on any atom is -0.296 e. The lowest BCUT2D eigenvalue weighted by Crippen LogP contribution is -2.40. The van der Waals surface area contributed by atoms with E-state index in [4.69, 9.17) is 0 Å². The molecule has 1 aliphatic heterocycles. The molecule has 3 heterocycles. The van der Waals surface area contributed by atoms with Crippen molar-refractivity contribution in [3.05, 3.63) is 53.1 Å². The van der Waals surface area contributed by atoms with Crippen LogP contribution in [0.15, 0.2) is 53.0 Å². The van der Waals surface area contributed by atoms with Crippen molar-refractivity contribution in [1.82, 2.24) is 19.6 Å². The number of rotatable bonds is 6. The minimum atomic E-state index is -3.59. The monoisotopic (exact) mass is 402 g/mol. The third kappa shape index (κ3) is 4.35. The molecule has 27 heavy (non-hydrogen) atoms. The van der Waals surface area contributed by atoms with E-state index < -0.39 is 10.0 Å². The maximum Gasteiger partial charge on any atom is 0.242 e. The van der Waals surface area contributed by atoms with Crippen molar-refractivity contribution in [2.45, 2.75) is 24.3 Å². The fourth-order valence-electron chi connectivity index (χ4n) is 3.58. The summed E-state index contributed by atoms with van der Waals surface area (Å²) in [7, 11) is -3.59. The Kier molecular flexibility index (Phi) is 5.49. The molecule has 0 amide bonds. The van der Waals surface area contributed by atoms with Gasteiger partial charge in [-0.05, 0) is 37.4 Å². The molecule has 1 aliphatic rings. The highest BCUT2D eigenvalue weighted by Crippen LogP contribution is 2.22. The van der Waals surface area contributed by atoms with Gasteiger partial charge in [0.1, 0.15) is 9.90 Å². The number of piperidine rings is 1. The molecule has 0 aliphatic carbocycles. The van der Waals surface area contributed by atoms with Crippen LogP contribution in [-0.2, 0) is 16.6 Å². The molecule has 1 saturated heterocycles. The molecule has 0 spiro atoms. The van der Waals surface area contributed by atoms with E-state index in [0.29, 0.717) is 18.0 Å². The topological polar surface area (TPSA) is 75.2 Å². The second-order valence-electron chi connectivity index (χ2n) is 6.85. The molecule has 142 valence electrons. The molecule has 0 unspecified atom stereocenters. The van der Waals surface area contributed by atoms with Crippen molar-refractivity contribution in [1.29, 1.82) is 0 Å². The molecule has 0 bridgehead atoms. The van der Waals surface area contributed by atoms with Crippen LogP contribution < -0.4 is 4.72 Å². The lowest BCUT2D eigenvalue weighted by molar-refractivity contribution is 0.168. The van der Waals surface area contributed by atoms with Crippen LogP contribution in [0.3, 0.4) is 0 Å². The van der Waals surface area contributed by atoms with E-state index in [1.54, 1.807) is 29.7 Å². The summed E-state index contributed by atoms with van der Waals surface area (Å²) in [5.74, 6) is 0.302. The van der Waals surface area contributed by atoms with Crippen LogP contribution in [0.1, 0.15) is 17.8 Å². The van der Waals surface area contributed by atoms with Crippen LogP contribution in [0.5, 0.6) is 0 Å². The van der Waals surface area contributed by atoms with Gasteiger partial charge in [-0.25, -0.2) is 18.1 Å². The van der Waals surface area contributed by atoms with E-state index >= 15 is 0 Å². The Hall–Kier alpha value is -1.87. The molecule has 1 N–H and O–H groups in total. The number of hydrogen-bond donors (Lipinski definition) is 1. The molecule has 4 rings (SSSR count). The molecule has 6 nitrogen and oxygen atoms in total. The molecular formula is C19H22N4O2S2. The van der Waals surface area contributed by atoms with E-state index in [1.807, 2.05) is 29.8 Å². The second kappa shape index (κ2) is 8.02. The molecular weight excluding hydrogens is 380 g/mol. The summed E-state index contributed by atoms with van der Waals surface area (Å²) < 4.78 is 28.5. The predicted octanol–water partition coefficient (Wildman–Crippen LogP) is 2.88. The third-order valence-corrected chi connectivity index (χ3v) is 7.11. The minimum absolute atomic E-state index is 0.246. The van der Waals surface area contributed by atoms with Gasteiger partial charge in [0.2, 0.25) is 10.0 Å². The Bertz CT molecular complexity index is 1000. The molecule has 0 saturated carbocycles. The number of likely N-dealkylation sites (tertiary alicyclic amines) is 1. The summed E-state index contributed by atoms with van der Waals surface area (Å²) in [6, 6.07) is 8.94. The number of thiazole rings is 1. The number of para-hydroxylation sites is 1. The first-order valence-corrected chi connectivity index (χ1v) is 11.4. The van der Waals surface area contributed by atoms with Crippen molar-refractivity contribution < 1.29 is 8.42 Å². The molecule has 2 aromatic heterocycles. The van der Waals surface area contributed by atoms with Gasteiger partial charge in [0.05, 0.1) is 12.1 Å². The average molecular weight is 403 g/mol. The number of hydrogen-bond acceptors (Lipinski definition) is 6. The van der Waals surface area contributed by atoms with Crippen LogP contribution in [0.4, 0.5) is 0 Å². The summed E-state index contributed by atoms with van der Waals surface area (Å²) in [6.45, 7) is 3.21. The number of sulfonamides is 1. The molecule has 1 atom stereocenters. The highest BCUT2D eigenvalue weighted by atomic mass is 32.2. The van der Waals surface area contributed by atoms with Crippen LogP contribution in [0.25, 0.3) is 10.9 Å². The normalized spacial score (nSPS) is 18.7. The standard InChI is InChI=1S/C19H22N4O2S2/c24-27(25,17-7-1-5-16-6-2-8-21-19(16)17)22-12-15-4-3-10-23(13-15)14-18-20-9-11-26-18/h1-2,5-9,11,15,22H,3-4,10,12-14H2/t15-/m0/s1. The quantitative estimate of drug-likeness (QED) is 0.686. The number of fused-ring (bicyclic) bond motifs is 1. The molecule has 3 aromatic rings. The Balaban J connectivity index is 1.42. The Morgan fingerprint density at radius 2 is 2.07 bits per heavy atom. The molecule has 1 aromatic carbocycles. The first-order chi connectivity index (χ1) is 13.1. The summed E-state index contributed by atoms with van der Waals surface area (Å²) in [5, 5.41) is 3.93. The van der Waals surface area contributed by atoms with Crippen molar-refractivity contribution in [3.63, 3.8) is 0 Å². The van der Waals surface area contributed by atoms with Crippen LogP contribution in [-0.4, -0.2) is 42.9 Å². The lowest BCUT2D eigenvalue weighted by atomic mass is 9.98. The average Bonchev–Trinajstić information content (AvgIpc) is 3.19. The second-order valence-corrected chi connectivity index (χ2v) is 9.57. The van der Waals surface area contributed by atoms with E-state index in [2.05, 4.69) is 19.6 Å². The van der Waals surface area contributed by atoms with Gasteiger partial charge in [0.25, 0.3) is 0 Å². The lowest BCUT2D eigenvalue weighted by Gasteiger charge is -2.32. The fourth-order valence-corrected chi connectivity index (χ4v) is 5.53. The van der Waals surface area contributed by atoms with Crippen molar-refractivity contribution >= 4 is 32.3 Å². The summed E-state index contributed by atoms with van der Waals surface area (Å²) in [6.07, 6.45) is 5.56. The Morgan fingerprint density at radius 3 is 2.93 bits per heavy atom. The van der Waals surface area contributed by atoms with Gasteiger partial charge >= 0.3 is 0 Å². The zero-order valence-electron chi connectivity index (χ0n) is 14.9. The zero-order chi connectivity index (χ0) is 18.7. The number of benzene rings is 1. The fraction of sp³-hybridized carbons (Fsp3) is 0.368. The number of nitrogens with zero attached hydrogens (tertiary/aromatic N) is 3. The Morgan fingerprint density at radius 1 is 1.19 bits per heavy atom. The SMILES string of the molecule is O=S(=O)(NC[C@@H]1CCCN(Cc2nccs2)C1)c1cccc2cccnc12. The number of nitrogens with one attached hydrogen (secondary N) is 1. The van der Waals surface area contributed by atoms with Crippen LogP contribution in [0.2, 0.25) is 0 Å². The number of aromatic nitrogens is 2. The van der Waals surface area contributed by atoms with Crippen molar-refractivity contribution in [3.8, 4) is 0 Å². The van der Waals surface area contributed by atoms with Gasteiger partial charge in [-0.1, -0.05) is 18.2 Å². The highest BCUT2D eigenvalue weighted by molar-refractivity contribution is 7.89. The van der Waals surface area contributed by atoms with Gasteiger partial charge in [-0.15, -0.1) is 11.3 Å². The third-order valence-electron chi connectivity index (χ3n) is 4.89. The Labute approximate surface area is 163 Å². The summed E-state index contributed by atoms with van der Waals surface area (Å²) in [4.78, 5) is 11.2. The van der Waals surface area contributed by atoms with Gasteiger partial charge in [-0.3, -0.25) is 9.88 Å². The van der Waals surface area contributed by atoms with E-state index in [0.717, 1.165) is 42.9 Å².